The van der Waals surface area contributed by atoms with Gasteiger partial charge in [0, 0.05) is 5.69 Å². The van der Waals surface area contributed by atoms with E-state index in [2.05, 4.69) is 17.2 Å². The molecule has 2 heterocycles. The van der Waals surface area contributed by atoms with Crippen molar-refractivity contribution in [1.29, 1.82) is 0 Å². The Morgan fingerprint density at radius 3 is 2.59 bits per heavy atom. The number of anilines is 3. The molecule has 0 spiro atoms. The summed E-state index contributed by atoms with van der Waals surface area (Å²) >= 11 is 0. The number of benzene rings is 1. The third kappa shape index (κ3) is 4.02. The highest BCUT2D eigenvalue weighted by Crippen LogP contribution is 2.34. The van der Waals surface area contributed by atoms with Gasteiger partial charge in [-0.3, -0.25) is 14.5 Å². The van der Waals surface area contributed by atoms with Crippen LogP contribution in [0, 0.1) is 5.92 Å². The lowest BCUT2D eigenvalue weighted by atomic mass is 10.0. The average Bonchev–Trinajstić information content (AvgIpc) is 2.64. The normalized spacial score (nSPS) is 16.1. The second-order valence-corrected chi connectivity index (χ2v) is 6.86. The van der Waals surface area contributed by atoms with Crippen molar-refractivity contribution in [3.05, 3.63) is 42.0 Å². The van der Waals surface area contributed by atoms with Crippen molar-refractivity contribution in [2.24, 2.45) is 5.92 Å². The number of nitrogens with two attached hydrogens (primary N) is 1. The Bertz CT molecular complexity index is 849. The van der Waals surface area contributed by atoms with E-state index in [1.165, 1.54) is 10.5 Å². The minimum atomic E-state index is -0.667. The van der Waals surface area contributed by atoms with Crippen LogP contribution in [0.2, 0.25) is 0 Å². The molecule has 0 aliphatic carbocycles. The molecule has 0 saturated heterocycles. The van der Waals surface area contributed by atoms with Gasteiger partial charge < -0.3 is 15.8 Å². The predicted octanol–water partition coefficient (Wildman–Crippen LogP) is 2.61. The maximum absolute atomic E-state index is 12.9. The summed E-state index contributed by atoms with van der Waals surface area (Å²) in [5.74, 6) is 0.319. The SMILES string of the molecule is CCc1ccc(NC(=O)CN2C(=O)C(C(C)C)Oc3ccc(N)nc32)cc1. The lowest BCUT2D eigenvalue weighted by Gasteiger charge is -2.34. The number of ether oxygens (including phenoxy) is 1. The van der Waals surface area contributed by atoms with Crippen LogP contribution in [0.25, 0.3) is 0 Å². The summed E-state index contributed by atoms with van der Waals surface area (Å²) in [7, 11) is 0. The number of rotatable bonds is 5. The van der Waals surface area contributed by atoms with E-state index in [9.17, 15) is 9.59 Å². The van der Waals surface area contributed by atoms with Crippen molar-refractivity contribution in [2.45, 2.75) is 33.3 Å². The fraction of sp³-hybridized carbons (Fsp3) is 0.350. The molecule has 0 bridgehead atoms. The second-order valence-electron chi connectivity index (χ2n) is 6.86. The largest absolute Gasteiger partial charge is 0.476 e. The van der Waals surface area contributed by atoms with E-state index >= 15 is 0 Å². The standard InChI is InChI=1S/C20H24N4O3/c1-4-13-5-7-14(8-6-13)22-17(25)11-24-19-15(9-10-16(21)23-19)27-18(12(2)3)20(24)26/h5-10,12,18H,4,11H2,1-3H3,(H2,21,23)(H,22,25). The number of hydrogen-bond acceptors (Lipinski definition) is 5. The Kier molecular flexibility index (Phi) is 5.30. The highest BCUT2D eigenvalue weighted by molar-refractivity contribution is 6.05. The van der Waals surface area contributed by atoms with Gasteiger partial charge in [0.2, 0.25) is 5.91 Å². The first kappa shape index (κ1) is 18.7. The van der Waals surface area contributed by atoms with Crippen molar-refractivity contribution >= 4 is 29.1 Å². The van der Waals surface area contributed by atoms with Gasteiger partial charge in [0.15, 0.2) is 17.7 Å². The fourth-order valence-electron chi connectivity index (χ4n) is 2.92. The molecule has 142 valence electrons. The van der Waals surface area contributed by atoms with Crippen LogP contribution in [0.15, 0.2) is 36.4 Å². The van der Waals surface area contributed by atoms with Gasteiger partial charge in [0.05, 0.1) is 0 Å². The Hall–Kier alpha value is -3.09. The quantitative estimate of drug-likeness (QED) is 0.845. The lowest BCUT2D eigenvalue weighted by Crippen LogP contribution is -2.51. The molecule has 0 saturated carbocycles. The highest BCUT2D eigenvalue weighted by Gasteiger charge is 2.38. The van der Waals surface area contributed by atoms with Crippen molar-refractivity contribution in [2.75, 3.05) is 22.5 Å². The first-order chi connectivity index (χ1) is 12.9. The summed E-state index contributed by atoms with van der Waals surface area (Å²) in [5, 5.41) is 2.82. The fourth-order valence-corrected chi connectivity index (χ4v) is 2.92. The van der Waals surface area contributed by atoms with E-state index < -0.39 is 6.10 Å². The molecule has 27 heavy (non-hydrogen) atoms. The molecule has 1 aliphatic rings. The van der Waals surface area contributed by atoms with Crippen LogP contribution >= 0.6 is 0 Å². The van der Waals surface area contributed by atoms with Crippen LogP contribution < -0.4 is 20.7 Å². The molecule has 1 aromatic carbocycles. The second kappa shape index (κ2) is 7.65. The zero-order chi connectivity index (χ0) is 19.6. The lowest BCUT2D eigenvalue weighted by molar-refractivity contribution is -0.129. The molecular formula is C20H24N4O3. The molecular weight excluding hydrogens is 344 g/mol. The van der Waals surface area contributed by atoms with Crippen molar-refractivity contribution in [3.63, 3.8) is 0 Å². The van der Waals surface area contributed by atoms with Gasteiger partial charge in [-0.1, -0.05) is 32.9 Å². The maximum Gasteiger partial charge on any atom is 0.270 e. The van der Waals surface area contributed by atoms with Gasteiger partial charge in [-0.05, 0) is 42.2 Å². The Morgan fingerprint density at radius 2 is 1.96 bits per heavy atom. The third-order valence-corrected chi connectivity index (χ3v) is 4.43. The summed E-state index contributed by atoms with van der Waals surface area (Å²) in [6, 6.07) is 10.9. The zero-order valence-electron chi connectivity index (χ0n) is 15.7. The van der Waals surface area contributed by atoms with E-state index in [4.69, 9.17) is 10.5 Å². The molecule has 0 radical (unpaired) electrons. The molecule has 7 heteroatoms. The zero-order valence-corrected chi connectivity index (χ0v) is 15.7. The summed E-state index contributed by atoms with van der Waals surface area (Å²) in [5.41, 5.74) is 7.63. The minimum absolute atomic E-state index is 0.0460. The van der Waals surface area contributed by atoms with Crippen molar-refractivity contribution in [1.82, 2.24) is 4.98 Å². The molecule has 0 fully saturated rings. The number of aryl methyl sites for hydroxylation is 1. The van der Waals surface area contributed by atoms with Gasteiger partial charge in [-0.15, -0.1) is 0 Å². The summed E-state index contributed by atoms with van der Waals surface area (Å²) in [4.78, 5) is 30.9. The first-order valence-electron chi connectivity index (χ1n) is 9.02. The number of fused-ring (bicyclic) bond motifs is 1. The van der Waals surface area contributed by atoms with E-state index in [-0.39, 0.29) is 35.9 Å². The molecule has 3 N–H and O–H groups in total. The van der Waals surface area contributed by atoms with E-state index in [0.29, 0.717) is 11.4 Å². The predicted molar refractivity (Wildman–Crippen MR) is 105 cm³/mol. The number of hydrogen-bond donors (Lipinski definition) is 2. The van der Waals surface area contributed by atoms with Crippen LogP contribution in [0.4, 0.5) is 17.3 Å². The molecule has 2 aromatic rings. The number of nitrogens with one attached hydrogen (secondary N) is 1. The summed E-state index contributed by atoms with van der Waals surface area (Å²) in [6.07, 6.45) is 0.260. The topological polar surface area (TPSA) is 97.5 Å². The summed E-state index contributed by atoms with van der Waals surface area (Å²) in [6.45, 7) is 5.70. The van der Waals surface area contributed by atoms with Crippen LogP contribution in [0.1, 0.15) is 26.3 Å². The van der Waals surface area contributed by atoms with Crippen molar-refractivity contribution in [3.8, 4) is 5.75 Å². The van der Waals surface area contributed by atoms with Crippen LogP contribution in [-0.2, 0) is 16.0 Å². The Labute approximate surface area is 158 Å². The van der Waals surface area contributed by atoms with Crippen molar-refractivity contribution < 1.29 is 14.3 Å². The number of nitrogens with zero attached hydrogens (tertiary/aromatic N) is 2. The molecule has 7 nitrogen and oxygen atoms in total. The van der Waals surface area contributed by atoms with Gasteiger partial charge >= 0.3 is 0 Å². The number of nitrogen functional groups attached to an aromatic ring is 1. The van der Waals surface area contributed by atoms with Crippen LogP contribution in [-0.4, -0.2) is 29.4 Å². The molecule has 1 aromatic heterocycles. The first-order valence-corrected chi connectivity index (χ1v) is 9.02. The van der Waals surface area contributed by atoms with E-state index in [1.807, 2.05) is 38.1 Å². The summed E-state index contributed by atoms with van der Waals surface area (Å²) < 4.78 is 5.78. The van der Waals surface area contributed by atoms with Gasteiger partial charge in [-0.25, -0.2) is 4.98 Å². The van der Waals surface area contributed by atoms with Crippen LogP contribution in [0.5, 0.6) is 5.75 Å². The Balaban J connectivity index is 1.81. The monoisotopic (exact) mass is 368 g/mol. The maximum atomic E-state index is 12.9. The molecule has 2 amide bonds. The van der Waals surface area contributed by atoms with Gasteiger partial charge in [0.1, 0.15) is 12.4 Å². The third-order valence-electron chi connectivity index (χ3n) is 4.43. The molecule has 1 aliphatic heterocycles. The minimum Gasteiger partial charge on any atom is -0.476 e. The van der Waals surface area contributed by atoms with E-state index in [1.54, 1.807) is 12.1 Å². The Morgan fingerprint density at radius 1 is 1.26 bits per heavy atom. The number of carbonyl (C=O) groups excluding carboxylic acids is 2. The average molecular weight is 368 g/mol. The molecule has 3 rings (SSSR count). The number of pyridine rings is 1. The molecule has 1 atom stereocenters. The number of carbonyl (C=O) groups is 2. The van der Waals surface area contributed by atoms with Gasteiger partial charge in [0.25, 0.3) is 5.91 Å². The highest BCUT2D eigenvalue weighted by atomic mass is 16.5. The number of amides is 2. The molecule has 1 unspecified atom stereocenters. The van der Waals surface area contributed by atoms with Crippen LogP contribution in [0.3, 0.4) is 0 Å². The number of aromatic nitrogens is 1. The smallest absolute Gasteiger partial charge is 0.270 e. The van der Waals surface area contributed by atoms with E-state index in [0.717, 1.165) is 6.42 Å². The van der Waals surface area contributed by atoms with Gasteiger partial charge in [-0.2, -0.15) is 0 Å².